The van der Waals surface area contributed by atoms with Crippen molar-refractivity contribution in [2.75, 3.05) is 14.2 Å². The van der Waals surface area contributed by atoms with E-state index in [1.165, 1.54) is 7.11 Å². The molecule has 1 N–H and O–H groups in total. The maximum Gasteiger partial charge on any atom is 0.323 e. The average Bonchev–Trinajstić information content (AvgIpc) is 3.25. The molecule has 0 amide bonds. The van der Waals surface area contributed by atoms with Gasteiger partial charge in [-0.15, -0.1) is 12.4 Å². The number of carbonyl (C=O) groups is 1. The minimum absolute atomic E-state index is 0. The van der Waals surface area contributed by atoms with Crippen LogP contribution in [0.5, 0.6) is 11.5 Å². The first-order valence-corrected chi connectivity index (χ1v) is 10.6. The smallest absolute Gasteiger partial charge is 0.323 e. The van der Waals surface area contributed by atoms with Crippen LogP contribution in [-0.4, -0.2) is 31.2 Å². The number of carbonyl (C=O) groups excluding carboxylic acids is 1. The number of methoxy groups -OCH3 is 1. The summed E-state index contributed by atoms with van der Waals surface area (Å²) in [4.78, 5) is 16.4. The van der Waals surface area contributed by atoms with Crippen molar-refractivity contribution in [1.29, 1.82) is 0 Å². The molecule has 1 unspecified atom stereocenters. The highest BCUT2D eigenvalue weighted by molar-refractivity contribution is 6.37. The number of rotatable bonds is 7. The molecule has 0 spiro atoms. The number of fused-ring (bicyclic) bond motifs is 1. The normalized spacial score (nSPS) is 11.6. The van der Waals surface area contributed by atoms with E-state index in [9.17, 15) is 4.79 Å². The van der Waals surface area contributed by atoms with Gasteiger partial charge in [0.2, 0.25) is 5.89 Å². The van der Waals surface area contributed by atoms with Crippen LogP contribution in [0, 0.1) is 0 Å². The molecule has 33 heavy (non-hydrogen) atoms. The molecule has 0 aliphatic heterocycles. The lowest BCUT2D eigenvalue weighted by molar-refractivity contribution is -0.142. The molecule has 1 aromatic heterocycles. The fraction of sp³-hybridized carbons (Fsp3) is 0.167. The van der Waals surface area contributed by atoms with E-state index in [1.54, 1.807) is 25.2 Å². The molecule has 0 saturated heterocycles. The van der Waals surface area contributed by atoms with E-state index in [0.717, 1.165) is 11.1 Å². The number of ether oxygens (including phenoxy) is 2. The minimum atomic E-state index is -0.516. The van der Waals surface area contributed by atoms with Gasteiger partial charge in [0, 0.05) is 5.56 Å². The van der Waals surface area contributed by atoms with Crippen molar-refractivity contribution >= 4 is 52.7 Å². The summed E-state index contributed by atoms with van der Waals surface area (Å²) in [6, 6.07) is 17.9. The molecular weight excluding hydrogens is 487 g/mol. The van der Waals surface area contributed by atoms with E-state index in [-0.39, 0.29) is 18.4 Å². The van der Waals surface area contributed by atoms with Crippen LogP contribution >= 0.6 is 35.6 Å². The first kappa shape index (κ1) is 24.9. The van der Waals surface area contributed by atoms with Gasteiger partial charge in [-0.2, -0.15) is 0 Å². The predicted molar refractivity (Wildman–Crippen MR) is 132 cm³/mol. The molecule has 172 valence electrons. The maximum absolute atomic E-state index is 11.9. The molecule has 4 rings (SSSR count). The van der Waals surface area contributed by atoms with Gasteiger partial charge < -0.3 is 19.2 Å². The number of hydrogen-bond acceptors (Lipinski definition) is 6. The van der Waals surface area contributed by atoms with Crippen molar-refractivity contribution in [2.45, 2.75) is 12.5 Å². The van der Waals surface area contributed by atoms with Crippen molar-refractivity contribution in [1.82, 2.24) is 10.3 Å². The molecular formula is C24H21Cl3N2O4. The Labute approximate surface area is 207 Å². The number of halogens is 3. The van der Waals surface area contributed by atoms with Gasteiger partial charge in [-0.1, -0.05) is 47.5 Å². The molecule has 0 saturated carbocycles. The van der Waals surface area contributed by atoms with Gasteiger partial charge in [0.05, 0.1) is 17.2 Å². The standard InChI is InChI=1S/C24H20Cl2N2O4.ClH/c1-27-19(24(29)30-2)13-14-11-16(25)21(17(26)12-14)31-20-10-6-9-18-22(20)32-23(28-18)15-7-4-3-5-8-15;/h3-12,19,27H,13H2,1-2H3;1H. The molecule has 1 heterocycles. The van der Waals surface area contributed by atoms with Gasteiger partial charge in [-0.05, 0) is 55.4 Å². The van der Waals surface area contributed by atoms with Crippen LogP contribution in [0.2, 0.25) is 10.0 Å². The highest BCUT2D eigenvalue weighted by Gasteiger charge is 2.20. The Bertz CT molecular complexity index is 1240. The number of nitrogens with zero attached hydrogens (tertiary/aromatic N) is 1. The van der Waals surface area contributed by atoms with Crippen molar-refractivity contribution in [2.24, 2.45) is 0 Å². The summed E-state index contributed by atoms with van der Waals surface area (Å²) < 4.78 is 16.8. The zero-order chi connectivity index (χ0) is 22.7. The van der Waals surface area contributed by atoms with E-state index >= 15 is 0 Å². The molecule has 6 nitrogen and oxygen atoms in total. The number of oxazole rings is 1. The summed E-state index contributed by atoms with van der Waals surface area (Å²) in [7, 11) is 3.03. The lowest BCUT2D eigenvalue weighted by Gasteiger charge is -2.15. The van der Waals surface area contributed by atoms with E-state index in [1.807, 2.05) is 42.5 Å². The molecule has 0 bridgehead atoms. The number of esters is 1. The first-order valence-electron chi connectivity index (χ1n) is 9.86. The zero-order valence-electron chi connectivity index (χ0n) is 17.8. The summed E-state index contributed by atoms with van der Waals surface area (Å²) in [5, 5.41) is 3.54. The fourth-order valence-electron chi connectivity index (χ4n) is 3.33. The maximum atomic E-state index is 11.9. The molecule has 0 aliphatic carbocycles. The van der Waals surface area contributed by atoms with Crippen LogP contribution < -0.4 is 10.1 Å². The lowest BCUT2D eigenvalue weighted by atomic mass is 10.1. The summed E-state index contributed by atoms with van der Waals surface area (Å²) >= 11 is 13.0. The molecule has 1 atom stereocenters. The molecule has 0 aliphatic rings. The summed E-state index contributed by atoms with van der Waals surface area (Å²) in [6.07, 6.45) is 0.362. The zero-order valence-corrected chi connectivity index (χ0v) is 20.1. The second kappa shape index (κ2) is 10.9. The third-order valence-electron chi connectivity index (χ3n) is 4.94. The molecule has 9 heteroatoms. The number of likely N-dealkylation sites (N-methyl/N-ethyl adjacent to an activating group) is 1. The number of benzene rings is 3. The van der Waals surface area contributed by atoms with Gasteiger partial charge in [0.25, 0.3) is 0 Å². The SMILES string of the molecule is CNC(Cc1cc(Cl)c(Oc2cccc3nc(-c4ccccc4)oc23)c(Cl)c1)C(=O)OC.Cl. The predicted octanol–water partition coefficient (Wildman–Crippen LogP) is 6.32. The largest absolute Gasteiger partial charge is 0.468 e. The average molecular weight is 508 g/mol. The molecule has 0 radical (unpaired) electrons. The van der Waals surface area contributed by atoms with E-state index in [4.69, 9.17) is 37.1 Å². The Morgan fingerprint density at radius 1 is 1.09 bits per heavy atom. The number of aromatic nitrogens is 1. The van der Waals surface area contributed by atoms with E-state index < -0.39 is 6.04 Å². The Hall–Kier alpha value is -2.77. The molecule has 0 fully saturated rings. The van der Waals surface area contributed by atoms with Crippen LogP contribution in [0.4, 0.5) is 0 Å². The Morgan fingerprint density at radius 3 is 2.42 bits per heavy atom. The third kappa shape index (κ3) is 5.42. The van der Waals surface area contributed by atoms with Gasteiger partial charge in [0.15, 0.2) is 17.1 Å². The van der Waals surface area contributed by atoms with Crippen molar-refractivity contribution < 1.29 is 18.7 Å². The number of nitrogens with one attached hydrogen (secondary N) is 1. The van der Waals surface area contributed by atoms with Crippen LogP contribution in [0.15, 0.2) is 65.1 Å². The van der Waals surface area contributed by atoms with Crippen LogP contribution in [0.1, 0.15) is 5.56 Å². The van der Waals surface area contributed by atoms with Crippen LogP contribution in [-0.2, 0) is 16.0 Å². The summed E-state index contributed by atoms with van der Waals surface area (Å²) in [5.74, 6) is 0.856. The van der Waals surface area contributed by atoms with E-state index in [0.29, 0.717) is 45.0 Å². The lowest BCUT2D eigenvalue weighted by Crippen LogP contribution is -2.36. The number of para-hydroxylation sites is 1. The second-order valence-corrected chi connectivity index (χ2v) is 7.86. The van der Waals surface area contributed by atoms with Crippen LogP contribution in [0.25, 0.3) is 22.6 Å². The van der Waals surface area contributed by atoms with Gasteiger partial charge in [-0.25, -0.2) is 4.98 Å². The summed E-state index contributed by atoms with van der Waals surface area (Å²) in [5.41, 5.74) is 2.77. The third-order valence-corrected chi connectivity index (χ3v) is 5.51. The van der Waals surface area contributed by atoms with Crippen molar-refractivity contribution in [3.05, 3.63) is 76.3 Å². The Kier molecular flexibility index (Phi) is 8.21. The fourth-order valence-corrected chi connectivity index (χ4v) is 3.94. The highest BCUT2D eigenvalue weighted by Crippen LogP contribution is 2.40. The second-order valence-electron chi connectivity index (χ2n) is 7.05. The Morgan fingerprint density at radius 2 is 1.79 bits per heavy atom. The monoisotopic (exact) mass is 506 g/mol. The quantitative estimate of drug-likeness (QED) is 0.295. The minimum Gasteiger partial charge on any atom is -0.468 e. The molecule has 4 aromatic rings. The summed E-state index contributed by atoms with van der Waals surface area (Å²) in [6.45, 7) is 0. The van der Waals surface area contributed by atoms with Crippen LogP contribution in [0.3, 0.4) is 0 Å². The van der Waals surface area contributed by atoms with Gasteiger partial charge in [0.1, 0.15) is 11.6 Å². The van der Waals surface area contributed by atoms with Crippen molar-refractivity contribution in [3.63, 3.8) is 0 Å². The van der Waals surface area contributed by atoms with Gasteiger partial charge in [-0.3, -0.25) is 4.79 Å². The topological polar surface area (TPSA) is 73.6 Å². The Balaban J connectivity index is 0.00000306. The molecule has 3 aromatic carbocycles. The first-order chi connectivity index (χ1) is 15.5. The van der Waals surface area contributed by atoms with Gasteiger partial charge >= 0.3 is 5.97 Å². The highest BCUT2D eigenvalue weighted by atomic mass is 35.5. The van der Waals surface area contributed by atoms with Crippen molar-refractivity contribution in [3.8, 4) is 23.0 Å². The number of hydrogen-bond donors (Lipinski definition) is 1. The van der Waals surface area contributed by atoms with E-state index in [2.05, 4.69) is 10.3 Å².